The van der Waals surface area contributed by atoms with Gasteiger partial charge < -0.3 is 14.4 Å². The fourth-order valence-electron chi connectivity index (χ4n) is 4.72. The van der Waals surface area contributed by atoms with Crippen molar-refractivity contribution >= 4 is 34.7 Å². The van der Waals surface area contributed by atoms with Crippen LogP contribution in [0.4, 0.5) is 5.69 Å². The summed E-state index contributed by atoms with van der Waals surface area (Å²) in [7, 11) is 3.06. The molecule has 0 bridgehead atoms. The van der Waals surface area contributed by atoms with Gasteiger partial charge in [0.1, 0.15) is 17.2 Å². The molecule has 2 unspecified atom stereocenters. The fraction of sp³-hybridized carbons (Fsp3) is 0.360. The molecular weight excluding hydrogens is 428 g/mol. The van der Waals surface area contributed by atoms with Gasteiger partial charge in [-0.1, -0.05) is 37.6 Å². The summed E-state index contributed by atoms with van der Waals surface area (Å²) in [5, 5.41) is 0.571. The third-order valence-electron chi connectivity index (χ3n) is 6.01. The van der Waals surface area contributed by atoms with Gasteiger partial charge >= 0.3 is 0 Å². The number of benzene rings is 2. The van der Waals surface area contributed by atoms with Gasteiger partial charge in [-0.3, -0.25) is 9.59 Å². The Labute approximate surface area is 193 Å². The molecule has 6 nitrogen and oxygen atoms in total. The zero-order valence-corrected chi connectivity index (χ0v) is 19.5. The first kappa shape index (κ1) is 22.2. The van der Waals surface area contributed by atoms with Crippen LogP contribution >= 0.6 is 11.6 Å². The lowest BCUT2D eigenvalue weighted by Crippen LogP contribution is -2.42. The minimum Gasteiger partial charge on any atom is -0.497 e. The van der Waals surface area contributed by atoms with Crippen LogP contribution in [0.2, 0.25) is 5.02 Å². The molecule has 0 saturated carbocycles. The van der Waals surface area contributed by atoms with E-state index in [0.717, 1.165) is 19.5 Å². The summed E-state index contributed by atoms with van der Waals surface area (Å²) >= 11 is 6.08. The van der Waals surface area contributed by atoms with Gasteiger partial charge in [-0.15, -0.1) is 0 Å². The topological polar surface area (TPSA) is 59.1 Å². The maximum atomic E-state index is 13.8. The van der Waals surface area contributed by atoms with Crippen molar-refractivity contribution in [2.45, 2.75) is 20.3 Å². The highest BCUT2D eigenvalue weighted by Gasteiger charge is 2.44. The van der Waals surface area contributed by atoms with Gasteiger partial charge in [0.2, 0.25) is 0 Å². The molecular formula is C25H27ClN2O4. The Morgan fingerprint density at radius 2 is 1.56 bits per heavy atom. The lowest BCUT2D eigenvalue weighted by atomic mass is 9.91. The zero-order valence-electron chi connectivity index (χ0n) is 18.7. The number of likely N-dealkylation sites (tertiary alicyclic amines) is 1. The summed E-state index contributed by atoms with van der Waals surface area (Å²) in [6, 6.07) is 12.1. The first-order valence-corrected chi connectivity index (χ1v) is 11.1. The average Bonchev–Trinajstić information content (AvgIpc) is 3.03. The highest BCUT2D eigenvalue weighted by atomic mass is 35.5. The molecule has 2 aromatic rings. The molecule has 32 heavy (non-hydrogen) atoms. The summed E-state index contributed by atoms with van der Waals surface area (Å²) in [6.07, 6.45) is 1.10. The maximum absolute atomic E-state index is 13.8. The quantitative estimate of drug-likeness (QED) is 0.617. The number of hydrogen-bond donors (Lipinski definition) is 0. The number of halogens is 1. The molecule has 7 heteroatoms. The summed E-state index contributed by atoms with van der Waals surface area (Å²) in [5.74, 6) is 1.10. The Hall–Kier alpha value is -2.99. The van der Waals surface area contributed by atoms with Gasteiger partial charge in [-0.25, -0.2) is 4.90 Å². The number of carbonyl (C=O) groups excluding carboxylic acids is 2. The van der Waals surface area contributed by atoms with Crippen LogP contribution < -0.4 is 14.4 Å². The number of nitrogens with zero attached hydrogens (tertiary/aromatic N) is 2. The molecule has 2 heterocycles. The van der Waals surface area contributed by atoms with Crippen molar-refractivity contribution in [2.24, 2.45) is 11.8 Å². The molecule has 2 aliphatic rings. The Kier molecular flexibility index (Phi) is 6.15. The fourth-order valence-corrected chi connectivity index (χ4v) is 4.85. The van der Waals surface area contributed by atoms with Gasteiger partial charge in [-0.2, -0.15) is 0 Å². The number of carbonyl (C=O) groups is 2. The molecule has 0 aliphatic carbocycles. The Morgan fingerprint density at radius 3 is 2.16 bits per heavy atom. The number of rotatable bonds is 5. The van der Waals surface area contributed by atoms with Crippen molar-refractivity contribution < 1.29 is 19.1 Å². The van der Waals surface area contributed by atoms with E-state index in [9.17, 15) is 9.59 Å². The SMILES string of the molecule is COc1ccc(N2C(=O)C(c3ccc(Cl)cc3)=C(N3CC(C)CC(C)C3)C2=O)c(OC)c1. The van der Waals surface area contributed by atoms with E-state index in [0.29, 0.717) is 50.9 Å². The van der Waals surface area contributed by atoms with E-state index in [1.807, 2.05) is 0 Å². The smallest absolute Gasteiger partial charge is 0.282 e. The molecule has 2 aliphatic heterocycles. The third kappa shape index (κ3) is 3.95. The standard InChI is InChI=1S/C25H27ClN2O4/c1-15-11-16(2)14-27(13-15)23-22(17-5-7-18(26)8-6-17)24(29)28(25(23)30)20-10-9-19(31-3)12-21(20)32-4/h5-10,12,15-16H,11,13-14H2,1-4H3. The predicted molar refractivity (Wildman–Crippen MR) is 125 cm³/mol. The van der Waals surface area contributed by atoms with Gasteiger partial charge in [0.05, 0.1) is 25.5 Å². The molecule has 4 rings (SSSR count). The molecule has 1 fully saturated rings. The third-order valence-corrected chi connectivity index (χ3v) is 6.26. The second kappa shape index (κ2) is 8.87. The minimum absolute atomic E-state index is 0.343. The monoisotopic (exact) mass is 454 g/mol. The van der Waals surface area contributed by atoms with Gasteiger partial charge in [-0.05, 0) is 48.1 Å². The van der Waals surface area contributed by atoms with Crippen molar-refractivity contribution in [2.75, 3.05) is 32.2 Å². The number of anilines is 1. The number of ether oxygens (including phenoxy) is 2. The number of piperidine rings is 1. The van der Waals surface area contributed by atoms with E-state index in [1.165, 1.54) is 12.0 Å². The highest BCUT2D eigenvalue weighted by molar-refractivity contribution is 6.45. The van der Waals surface area contributed by atoms with E-state index < -0.39 is 0 Å². The van der Waals surface area contributed by atoms with Crippen LogP contribution in [-0.4, -0.2) is 44.0 Å². The number of amides is 2. The van der Waals surface area contributed by atoms with E-state index in [4.69, 9.17) is 21.1 Å². The summed E-state index contributed by atoms with van der Waals surface area (Å²) in [5.41, 5.74) is 1.89. The molecule has 0 spiro atoms. The van der Waals surface area contributed by atoms with Crippen LogP contribution in [0, 0.1) is 11.8 Å². The van der Waals surface area contributed by atoms with Crippen LogP contribution in [0.1, 0.15) is 25.8 Å². The molecule has 168 valence electrons. The van der Waals surface area contributed by atoms with Crippen LogP contribution in [0.5, 0.6) is 11.5 Å². The van der Waals surface area contributed by atoms with Gasteiger partial charge in [0, 0.05) is 24.2 Å². The molecule has 1 saturated heterocycles. The van der Waals surface area contributed by atoms with E-state index in [2.05, 4.69) is 18.7 Å². The first-order chi connectivity index (χ1) is 15.3. The Bertz CT molecular complexity index is 1070. The summed E-state index contributed by atoms with van der Waals surface area (Å²) < 4.78 is 10.8. The molecule has 2 amide bonds. The Balaban J connectivity index is 1.84. The van der Waals surface area contributed by atoms with E-state index in [-0.39, 0.29) is 11.8 Å². The van der Waals surface area contributed by atoms with E-state index in [1.54, 1.807) is 49.6 Å². The van der Waals surface area contributed by atoms with Crippen LogP contribution in [0.15, 0.2) is 48.2 Å². The molecule has 0 N–H and O–H groups in total. The molecule has 2 aromatic carbocycles. The lowest BCUT2D eigenvalue weighted by molar-refractivity contribution is -0.120. The van der Waals surface area contributed by atoms with E-state index >= 15 is 0 Å². The zero-order chi connectivity index (χ0) is 23.0. The highest BCUT2D eigenvalue weighted by Crippen LogP contribution is 2.41. The van der Waals surface area contributed by atoms with Crippen molar-refractivity contribution in [3.8, 4) is 11.5 Å². The van der Waals surface area contributed by atoms with Crippen LogP contribution in [-0.2, 0) is 9.59 Å². The summed E-state index contributed by atoms with van der Waals surface area (Å²) in [6.45, 7) is 5.81. The second-order valence-corrected chi connectivity index (χ2v) is 9.00. The van der Waals surface area contributed by atoms with Crippen LogP contribution in [0.25, 0.3) is 5.57 Å². The van der Waals surface area contributed by atoms with Crippen molar-refractivity contribution in [1.29, 1.82) is 0 Å². The van der Waals surface area contributed by atoms with Gasteiger partial charge in [0.15, 0.2) is 0 Å². The maximum Gasteiger partial charge on any atom is 0.282 e. The number of methoxy groups -OCH3 is 2. The molecule has 0 radical (unpaired) electrons. The molecule has 0 aromatic heterocycles. The number of hydrogen-bond acceptors (Lipinski definition) is 5. The largest absolute Gasteiger partial charge is 0.497 e. The minimum atomic E-state index is -0.373. The summed E-state index contributed by atoms with van der Waals surface area (Å²) in [4.78, 5) is 30.8. The normalized spacial score (nSPS) is 21.4. The lowest BCUT2D eigenvalue weighted by Gasteiger charge is -2.37. The average molecular weight is 455 g/mol. The van der Waals surface area contributed by atoms with Crippen molar-refractivity contribution in [3.05, 3.63) is 58.7 Å². The van der Waals surface area contributed by atoms with Crippen molar-refractivity contribution in [3.63, 3.8) is 0 Å². The first-order valence-electron chi connectivity index (χ1n) is 10.7. The predicted octanol–water partition coefficient (Wildman–Crippen LogP) is 4.62. The van der Waals surface area contributed by atoms with Crippen LogP contribution in [0.3, 0.4) is 0 Å². The van der Waals surface area contributed by atoms with Gasteiger partial charge in [0.25, 0.3) is 11.8 Å². The van der Waals surface area contributed by atoms with Crippen molar-refractivity contribution in [1.82, 2.24) is 4.90 Å². The number of imide groups is 1. The second-order valence-electron chi connectivity index (χ2n) is 8.57. The Morgan fingerprint density at radius 1 is 0.906 bits per heavy atom. The molecule has 2 atom stereocenters.